The van der Waals surface area contributed by atoms with E-state index in [4.69, 9.17) is 9.47 Å². The first-order valence-corrected chi connectivity index (χ1v) is 8.06. The third-order valence-corrected chi connectivity index (χ3v) is 4.17. The summed E-state index contributed by atoms with van der Waals surface area (Å²) in [6, 6.07) is 9.02. The lowest BCUT2D eigenvalue weighted by atomic mass is 10.1. The van der Waals surface area contributed by atoms with Crippen molar-refractivity contribution in [3.63, 3.8) is 0 Å². The summed E-state index contributed by atoms with van der Waals surface area (Å²) in [6.45, 7) is 0.0322. The Hall–Kier alpha value is -4.14. The van der Waals surface area contributed by atoms with Gasteiger partial charge in [-0.15, -0.1) is 0 Å². The van der Waals surface area contributed by atoms with Gasteiger partial charge >= 0.3 is 6.03 Å². The smallest absolute Gasteiger partial charge is 0.335 e. The topological polar surface area (TPSA) is 125 Å². The Bertz CT molecular complexity index is 1060. The van der Waals surface area contributed by atoms with Crippen molar-refractivity contribution in [3.05, 3.63) is 59.2 Å². The van der Waals surface area contributed by atoms with E-state index in [0.29, 0.717) is 17.1 Å². The predicted octanol–water partition coefficient (Wildman–Crippen LogP) is 0.445. The van der Waals surface area contributed by atoms with E-state index in [-0.39, 0.29) is 23.6 Å². The van der Waals surface area contributed by atoms with E-state index in [0.717, 1.165) is 4.90 Å². The average Bonchev–Trinajstić information content (AvgIpc) is 3.13. The first-order chi connectivity index (χ1) is 13.4. The van der Waals surface area contributed by atoms with Gasteiger partial charge in [0.25, 0.3) is 11.8 Å². The molecule has 4 amide bonds. The third kappa shape index (κ3) is 2.94. The van der Waals surface area contributed by atoms with Gasteiger partial charge < -0.3 is 19.4 Å². The second-order valence-corrected chi connectivity index (χ2v) is 5.90. The zero-order valence-electron chi connectivity index (χ0n) is 14.1. The molecule has 9 nitrogen and oxygen atoms in total. The zero-order chi connectivity index (χ0) is 19.8. The minimum absolute atomic E-state index is 0.0322. The molecule has 1 fully saturated rings. The number of rotatable bonds is 3. The monoisotopic (exact) mass is 379 g/mol. The number of aromatic carboxylic acids is 1. The molecule has 2 aromatic rings. The number of anilines is 1. The molecule has 0 bridgehead atoms. The molecule has 0 unspecified atom stereocenters. The fraction of sp³-hybridized carbons (Fsp3) is 0.0526. The molecule has 0 spiro atoms. The molecule has 2 aromatic carbocycles. The molecule has 4 rings (SSSR count). The first-order valence-electron chi connectivity index (χ1n) is 8.06. The van der Waals surface area contributed by atoms with Gasteiger partial charge in [-0.1, -0.05) is 24.3 Å². The lowest BCUT2D eigenvalue weighted by Crippen LogP contribution is -2.54. The lowest BCUT2D eigenvalue weighted by molar-refractivity contribution is -0.255. The Morgan fingerprint density at radius 3 is 2.46 bits per heavy atom. The Balaban J connectivity index is 1.68. The van der Waals surface area contributed by atoms with Crippen molar-refractivity contribution in [2.75, 3.05) is 11.7 Å². The van der Waals surface area contributed by atoms with Gasteiger partial charge in [0, 0.05) is 6.07 Å². The summed E-state index contributed by atoms with van der Waals surface area (Å²) in [5.74, 6) is -2.16. The number of carbonyl (C=O) groups excluding carboxylic acids is 4. The molecule has 2 aliphatic heterocycles. The number of barbiturate groups is 1. The van der Waals surface area contributed by atoms with Gasteiger partial charge in [0.1, 0.15) is 5.57 Å². The number of imide groups is 2. The highest BCUT2D eigenvalue weighted by atomic mass is 16.7. The van der Waals surface area contributed by atoms with E-state index in [1.807, 2.05) is 0 Å². The molecule has 0 radical (unpaired) electrons. The number of urea groups is 1. The van der Waals surface area contributed by atoms with Crippen LogP contribution in [-0.2, 0) is 9.59 Å². The summed E-state index contributed by atoms with van der Waals surface area (Å²) < 4.78 is 10.4. The van der Waals surface area contributed by atoms with Crippen molar-refractivity contribution in [3.8, 4) is 11.5 Å². The van der Waals surface area contributed by atoms with E-state index in [1.165, 1.54) is 42.5 Å². The van der Waals surface area contributed by atoms with Crippen LogP contribution in [0.4, 0.5) is 10.5 Å². The van der Waals surface area contributed by atoms with Crippen LogP contribution in [0, 0.1) is 0 Å². The highest BCUT2D eigenvalue weighted by Gasteiger charge is 2.37. The van der Waals surface area contributed by atoms with Crippen molar-refractivity contribution in [1.29, 1.82) is 0 Å². The largest absolute Gasteiger partial charge is 0.545 e. The van der Waals surface area contributed by atoms with Gasteiger partial charge in [-0.25, -0.2) is 9.69 Å². The standard InChI is InChI=1S/C19H12N2O7/c22-16-13(7-10-1-3-11(4-2-10)18(24)25)17(23)21(19(26)20-16)12-5-6-14-15(8-12)28-9-27-14/h1-8H,9H2,(H,24,25)(H,20,22,26)/p-1/b13-7+. The van der Waals surface area contributed by atoms with Crippen LogP contribution >= 0.6 is 0 Å². The Morgan fingerprint density at radius 1 is 1.04 bits per heavy atom. The van der Waals surface area contributed by atoms with E-state index in [2.05, 4.69) is 5.32 Å². The Labute approximate surface area is 157 Å². The van der Waals surface area contributed by atoms with Gasteiger partial charge in [0.2, 0.25) is 6.79 Å². The van der Waals surface area contributed by atoms with Crippen LogP contribution in [0.3, 0.4) is 0 Å². The summed E-state index contributed by atoms with van der Waals surface area (Å²) in [7, 11) is 0. The molecule has 0 aromatic heterocycles. The second-order valence-electron chi connectivity index (χ2n) is 5.90. The number of amides is 4. The number of benzene rings is 2. The molecule has 1 N–H and O–H groups in total. The van der Waals surface area contributed by atoms with Crippen LogP contribution < -0.4 is 24.8 Å². The molecule has 2 aliphatic rings. The maximum Gasteiger partial charge on any atom is 0.335 e. The number of nitrogens with zero attached hydrogens (tertiary/aromatic N) is 1. The number of hydrogen-bond donors (Lipinski definition) is 1. The van der Waals surface area contributed by atoms with Crippen LogP contribution in [0.15, 0.2) is 48.0 Å². The van der Waals surface area contributed by atoms with E-state index < -0.39 is 23.8 Å². The molecule has 0 saturated carbocycles. The number of carboxylic acids is 1. The summed E-state index contributed by atoms with van der Waals surface area (Å²) in [4.78, 5) is 48.8. The van der Waals surface area contributed by atoms with Gasteiger partial charge in [-0.05, 0) is 29.3 Å². The molecule has 140 valence electrons. The van der Waals surface area contributed by atoms with Crippen molar-refractivity contribution in [1.82, 2.24) is 5.32 Å². The van der Waals surface area contributed by atoms with Crippen LogP contribution in [0.2, 0.25) is 0 Å². The van der Waals surface area contributed by atoms with Gasteiger partial charge in [-0.2, -0.15) is 0 Å². The summed E-state index contributed by atoms with van der Waals surface area (Å²) in [5.41, 5.74) is 0.290. The highest BCUT2D eigenvalue weighted by Crippen LogP contribution is 2.36. The second kappa shape index (κ2) is 6.54. The molecule has 1 saturated heterocycles. The number of carbonyl (C=O) groups is 4. The van der Waals surface area contributed by atoms with Crippen molar-refractivity contribution in [2.45, 2.75) is 0 Å². The fourth-order valence-electron chi connectivity index (χ4n) is 2.80. The third-order valence-electron chi connectivity index (χ3n) is 4.17. The molecule has 9 heteroatoms. The van der Waals surface area contributed by atoms with E-state index in [1.54, 1.807) is 6.07 Å². The fourth-order valence-corrected chi connectivity index (χ4v) is 2.80. The van der Waals surface area contributed by atoms with Crippen LogP contribution in [0.25, 0.3) is 6.08 Å². The highest BCUT2D eigenvalue weighted by molar-refractivity contribution is 6.39. The summed E-state index contributed by atoms with van der Waals surface area (Å²) >= 11 is 0. The van der Waals surface area contributed by atoms with Crippen LogP contribution in [0.1, 0.15) is 15.9 Å². The zero-order valence-corrected chi connectivity index (χ0v) is 14.1. The van der Waals surface area contributed by atoms with E-state index in [9.17, 15) is 24.3 Å². The molecule has 28 heavy (non-hydrogen) atoms. The lowest BCUT2D eigenvalue weighted by Gasteiger charge is -2.26. The van der Waals surface area contributed by atoms with Crippen molar-refractivity contribution >= 4 is 35.6 Å². The number of hydrogen-bond acceptors (Lipinski definition) is 7. The molecular formula is C19H11N2O7-. The average molecular weight is 379 g/mol. The van der Waals surface area contributed by atoms with Gasteiger partial charge in [-0.3, -0.25) is 14.9 Å². The summed E-state index contributed by atoms with van der Waals surface area (Å²) in [5, 5.41) is 12.9. The van der Waals surface area contributed by atoms with Crippen molar-refractivity contribution < 1.29 is 33.8 Å². The Morgan fingerprint density at radius 2 is 1.75 bits per heavy atom. The molecular weight excluding hydrogens is 368 g/mol. The quantitative estimate of drug-likeness (QED) is 0.606. The van der Waals surface area contributed by atoms with Crippen LogP contribution in [-0.4, -0.2) is 30.6 Å². The molecule has 0 aliphatic carbocycles. The SMILES string of the molecule is O=C1NC(=O)N(c2ccc3c(c2)OCO3)C(=O)/C1=C/c1ccc(C(=O)[O-])cc1. The number of fused-ring (bicyclic) bond motifs is 1. The number of nitrogens with one attached hydrogen (secondary N) is 1. The minimum Gasteiger partial charge on any atom is -0.545 e. The van der Waals surface area contributed by atoms with E-state index >= 15 is 0 Å². The number of ether oxygens (including phenoxy) is 2. The van der Waals surface area contributed by atoms with Gasteiger partial charge in [0.05, 0.1) is 11.7 Å². The maximum absolute atomic E-state index is 12.8. The normalized spacial score (nSPS) is 17.1. The maximum atomic E-state index is 12.8. The predicted molar refractivity (Wildman–Crippen MR) is 92.3 cm³/mol. The Kier molecular flexibility index (Phi) is 4.04. The molecule has 0 atom stereocenters. The molecule has 2 heterocycles. The van der Waals surface area contributed by atoms with Crippen molar-refractivity contribution in [2.24, 2.45) is 0 Å². The minimum atomic E-state index is -1.34. The van der Waals surface area contributed by atoms with Crippen LogP contribution in [0.5, 0.6) is 11.5 Å². The van der Waals surface area contributed by atoms with Gasteiger partial charge in [0.15, 0.2) is 11.5 Å². The number of carboxylic acid groups (broad SMARTS) is 1. The first kappa shape index (κ1) is 17.3. The summed E-state index contributed by atoms with van der Waals surface area (Å²) in [6.07, 6.45) is 1.27.